The molecule has 1 aromatic heterocycles. The molecule has 1 aliphatic heterocycles. The Kier molecular flexibility index (Phi) is 2.02. The van der Waals surface area contributed by atoms with Crippen molar-refractivity contribution in [1.29, 1.82) is 0 Å². The molecule has 13 heavy (non-hydrogen) atoms. The van der Waals surface area contributed by atoms with Gasteiger partial charge in [0.2, 0.25) is 0 Å². The maximum absolute atomic E-state index is 10.7. The number of ether oxygens (including phenoxy) is 1. The van der Waals surface area contributed by atoms with Gasteiger partial charge in [0.05, 0.1) is 6.10 Å². The monoisotopic (exact) mass is 181 g/mol. The maximum atomic E-state index is 10.7. The molecule has 0 amide bonds. The summed E-state index contributed by atoms with van der Waals surface area (Å²) in [6.07, 6.45) is 0.300. The minimum absolute atomic E-state index is 0.174. The zero-order chi connectivity index (χ0) is 9.26. The number of aromatic nitrogens is 2. The van der Waals surface area contributed by atoms with Gasteiger partial charge in [-0.15, -0.1) is 0 Å². The Morgan fingerprint density at radius 1 is 1.62 bits per heavy atom. The van der Waals surface area contributed by atoms with E-state index in [9.17, 15) is 4.79 Å². The van der Waals surface area contributed by atoms with Gasteiger partial charge >= 0.3 is 0 Å². The minimum Gasteiger partial charge on any atom is -0.378 e. The first kappa shape index (κ1) is 8.25. The van der Waals surface area contributed by atoms with Gasteiger partial charge in [-0.1, -0.05) is 0 Å². The lowest BCUT2D eigenvalue weighted by atomic mass is 10.2. The van der Waals surface area contributed by atoms with E-state index < -0.39 is 0 Å². The Hall–Kier alpha value is -1.36. The standard InChI is InChI=1S/C8H11N3O2/c1-13-6-4-11(5-6)7-2-3-8(12)10-9-7/h2-3,6H,4-5H2,1H3,(H,10,12). The molecule has 0 aliphatic carbocycles. The summed E-state index contributed by atoms with van der Waals surface area (Å²) in [6, 6.07) is 3.19. The molecule has 0 spiro atoms. The number of aromatic amines is 1. The van der Waals surface area contributed by atoms with E-state index in [1.165, 1.54) is 6.07 Å². The average molecular weight is 181 g/mol. The minimum atomic E-state index is -0.174. The second-order valence-electron chi connectivity index (χ2n) is 3.04. The second-order valence-corrected chi connectivity index (χ2v) is 3.04. The van der Waals surface area contributed by atoms with Gasteiger partial charge in [0.1, 0.15) is 5.82 Å². The third-order valence-electron chi connectivity index (χ3n) is 2.17. The number of rotatable bonds is 2. The molecule has 0 saturated carbocycles. The number of H-pyrrole nitrogens is 1. The first-order valence-corrected chi connectivity index (χ1v) is 4.13. The van der Waals surface area contributed by atoms with Crippen LogP contribution in [0, 0.1) is 0 Å². The lowest BCUT2D eigenvalue weighted by Gasteiger charge is -2.38. The first-order valence-electron chi connectivity index (χ1n) is 4.13. The molecule has 0 bridgehead atoms. The molecule has 0 atom stereocenters. The Morgan fingerprint density at radius 2 is 2.38 bits per heavy atom. The molecular formula is C8H11N3O2. The van der Waals surface area contributed by atoms with E-state index in [4.69, 9.17) is 4.74 Å². The zero-order valence-electron chi connectivity index (χ0n) is 7.36. The summed E-state index contributed by atoms with van der Waals surface area (Å²) < 4.78 is 5.12. The van der Waals surface area contributed by atoms with Gasteiger partial charge < -0.3 is 9.64 Å². The number of nitrogens with one attached hydrogen (secondary N) is 1. The van der Waals surface area contributed by atoms with E-state index >= 15 is 0 Å². The fourth-order valence-electron chi connectivity index (χ4n) is 1.29. The highest BCUT2D eigenvalue weighted by Crippen LogP contribution is 2.17. The van der Waals surface area contributed by atoms with Gasteiger partial charge in [0.25, 0.3) is 5.56 Å². The molecule has 1 N–H and O–H groups in total. The lowest BCUT2D eigenvalue weighted by molar-refractivity contribution is 0.0782. The van der Waals surface area contributed by atoms with Crippen LogP contribution >= 0.6 is 0 Å². The molecule has 1 saturated heterocycles. The predicted molar refractivity (Wildman–Crippen MR) is 47.9 cm³/mol. The fourth-order valence-corrected chi connectivity index (χ4v) is 1.29. The Morgan fingerprint density at radius 3 is 2.92 bits per heavy atom. The summed E-state index contributed by atoms with van der Waals surface area (Å²) in [6.45, 7) is 1.69. The molecule has 2 heterocycles. The molecule has 1 aromatic rings. The average Bonchev–Trinajstić information content (AvgIpc) is 2.06. The quantitative estimate of drug-likeness (QED) is 0.674. The summed E-state index contributed by atoms with van der Waals surface area (Å²) in [7, 11) is 1.70. The number of anilines is 1. The van der Waals surface area contributed by atoms with E-state index in [1.807, 2.05) is 4.90 Å². The maximum Gasteiger partial charge on any atom is 0.264 e. The molecule has 70 valence electrons. The highest BCUT2D eigenvalue weighted by molar-refractivity contribution is 5.40. The number of nitrogens with zero attached hydrogens (tertiary/aromatic N) is 2. The van der Waals surface area contributed by atoms with Crippen molar-refractivity contribution in [2.24, 2.45) is 0 Å². The van der Waals surface area contributed by atoms with Crippen LogP contribution in [0.4, 0.5) is 5.82 Å². The van der Waals surface area contributed by atoms with Crippen molar-refractivity contribution in [2.75, 3.05) is 25.1 Å². The molecule has 1 fully saturated rings. The number of methoxy groups -OCH3 is 1. The SMILES string of the molecule is COC1CN(c2ccc(=O)[nH]n2)C1. The van der Waals surface area contributed by atoms with Crippen LogP contribution in [0.3, 0.4) is 0 Å². The Labute approximate surface area is 75.3 Å². The van der Waals surface area contributed by atoms with Crippen molar-refractivity contribution in [2.45, 2.75) is 6.10 Å². The lowest BCUT2D eigenvalue weighted by Crippen LogP contribution is -2.52. The third kappa shape index (κ3) is 1.55. The largest absolute Gasteiger partial charge is 0.378 e. The summed E-state index contributed by atoms with van der Waals surface area (Å²) >= 11 is 0. The van der Waals surface area contributed by atoms with Gasteiger partial charge in [-0.2, -0.15) is 5.10 Å². The zero-order valence-corrected chi connectivity index (χ0v) is 7.36. The molecule has 0 radical (unpaired) electrons. The van der Waals surface area contributed by atoms with Gasteiger partial charge in [-0.25, -0.2) is 5.10 Å². The van der Waals surface area contributed by atoms with Crippen LogP contribution in [0.1, 0.15) is 0 Å². The van der Waals surface area contributed by atoms with E-state index in [-0.39, 0.29) is 5.56 Å². The van der Waals surface area contributed by atoms with Crippen LogP contribution in [0.2, 0.25) is 0 Å². The fraction of sp³-hybridized carbons (Fsp3) is 0.500. The topological polar surface area (TPSA) is 58.2 Å². The van der Waals surface area contributed by atoms with Gasteiger partial charge in [-0.05, 0) is 6.07 Å². The Bertz CT molecular complexity index is 323. The van der Waals surface area contributed by atoms with Crippen LogP contribution in [-0.2, 0) is 4.74 Å². The summed E-state index contributed by atoms with van der Waals surface area (Å²) in [4.78, 5) is 12.8. The number of hydrogen-bond acceptors (Lipinski definition) is 4. The van der Waals surface area contributed by atoms with E-state index in [2.05, 4.69) is 10.2 Å². The van der Waals surface area contributed by atoms with Gasteiger partial charge in [0.15, 0.2) is 0 Å². The van der Waals surface area contributed by atoms with Crippen molar-refractivity contribution in [3.63, 3.8) is 0 Å². The molecule has 0 aromatic carbocycles. The van der Waals surface area contributed by atoms with Crippen LogP contribution in [-0.4, -0.2) is 36.5 Å². The summed E-state index contributed by atoms with van der Waals surface area (Å²) in [5.41, 5.74) is -0.174. The third-order valence-corrected chi connectivity index (χ3v) is 2.17. The molecule has 0 unspecified atom stereocenters. The van der Waals surface area contributed by atoms with E-state index in [0.29, 0.717) is 6.10 Å². The predicted octanol–water partition coefficient (Wildman–Crippen LogP) is -0.395. The van der Waals surface area contributed by atoms with Crippen molar-refractivity contribution in [3.8, 4) is 0 Å². The van der Waals surface area contributed by atoms with Crippen molar-refractivity contribution in [1.82, 2.24) is 10.2 Å². The summed E-state index contributed by atoms with van der Waals surface area (Å²) in [5, 5.41) is 6.30. The van der Waals surface area contributed by atoms with E-state index in [1.54, 1.807) is 13.2 Å². The van der Waals surface area contributed by atoms with Gasteiger partial charge in [-0.3, -0.25) is 4.79 Å². The highest BCUT2D eigenvalue weighted by atomic mass is 16.5. The second kappa shape index (κ2) is 3.18. The van der Waals surface area contributed by atoms with Crippen LogP contribution in [0.15, 0.2) is 16.9 Å². The van der Waals surface area contributed by atoms with Crippen molar-refractivity contribution >= 4 is 5.82 Å². The van der Waals surface area contributed by atoms with Gasteiger partial charge in [0, 0.05) is 26.3 Å². The van der Waals surface area contributed by atoms with Crippen LogP contribution in [0.5, 0.6) is 0 Å². The smallest absolute Gasteiger partial charge is 0.264 e. The molecule has 2 rings (SSSR count). The normalized spacial score (nSPS) is 17.2. The number of hydrogen-bond donors (Lipinski definition) is 1. The molecule has 5 nitrogen and oxygen atoms in total. The van der Waals surface area contributed by atoms with Crippen molar-refractivity contribution in [3.05, 3.63) is 22.5 Å². The molecule has 5 heteroatoms. The van der Waals surface area contributed by atoms with Crippen molar-refractivity contribution < 1.29 is 4.74 Å². The van der Waals surface area contributed by atoms with Crippen LogP contribution < -0.4 is 10.5 Å². The van der Waals surface area contributed by atoms with Crippen LogP contribution in [0.25, 0.3) is 0 Å². The molecule has 1 aliphatic rings. The molecular weight excluding hydrogens is 170 g/mol. The Balaban J connectivity index is 2.03. The highest BCUT2D eigenvalue weighted by Gasteiger charge is 2.27. The summed E-state index contributed by atoms with van der Waals surface area (Å²) in [5.74, 6) is 0.799. The van der Waals surface area contributed by atoms with E-state index in [0.717, 1.165) is 18.9 Å². The first-order chi connectivity index (χ1) is 6.29.